The van der Waals surface area contributed by atoms with Gasteiger partial charge in [-0.15, -0.1) is 0 Å². The van der Waals surface area contributed by atoms with E-state index in [0.29, 0.717) is 44.6 Å². The number of likely N-dealkylation sites (tertiary alicyclic amines) is 1. The third-order valence-electron chi connectivity index (χ3n) is 5.00. The molecule has 2 heterocycles. The van der Waals surface area contributed by atoms with Crippen LogP contribution in [0.1, 0.15) is 29.6 Å². The fourth-order valence-electron chi connectivity index (χ4n) is 3.63. The summed E-state index contributed by atoms with van der Waals surface area (Å²) in [7, 11) is 0. The predicted octanol–water partition coefficient (Wildman–Crippen LogP) is 1.38. The first-order valence-electron chi connectivity index (χ1n) is 9.11. The fraction of sp³-hybridized carbons (Fsp3) is 0.526. The molecule has 0 saturated carbocycles. The van der Waals surface area contributed by atoms with Gasteiger partial charge >= 0.3 is 5.97 Å². The van der Waals surface area contributed by atoms with E-state index in [0.717, 1.165) is 0 Å². The van der Waals surface area contributed by atoms with Gasteiger partial charge in [-0.05, 0) is 37.1 Å². The first kappa shape index (κ1) is 19.3. The number of benzene rings is 1. The maximum absolute atomic E-state index is 13.1. The van der Waals surface area contributed by atoms with Crippen molar-refractivity contribution in [2.75, 3.05) is 32.8 Å². The lowest BCUT2D eigenvalue weighted by atomic mass is 9.95. The standard InChI is InChI=1S/C19H23FN2O5/c20-15-5-3-13(4-6-15)18(25)21-7-1-2-14(11-21)19(26)22-8-9-27-16(12-22)10-17(23)24/h3-6,14,16H,1-2,7-12H2,(H,23,24). The van der Waals surface area contributed by atoms with Crippen LogP contribution >= 0.6 is 0 Å². The first-order valence-corrected chi connectivity index (χ1v) is 9.11. The average Bonchev–Trinajstić information content (AvgIpc) is 2.67. The van der Waals surface area contributed by atoms with Gasteiger partial charge in [-0.2, -0.15) is 0 Å². The Kier molecular flexibility index (Phi) is 6.05. The molecule has 0 radical (unpaired) electrons. The van der Waals surface area contributed by atoms with Crippen molar-refractivity contribution in [3.05, 3.63) is 35.6 Å². The monoisotopic (exact) mass is 378 g/mol. The average molecular weight is 378 g/mol. The second-order valence-corrected chi connectivity index (χ2v) is 6.97. The van der Waals surface area contributed by atoms with Crippen molar-refractivity contribution in [3.63, 3.8) is 0 Å². The van der Waals surface area contributed by atoms with E-state index in [1.807, 2.05) is 0 Å². The van der Waals surface area contributed by atoms with Crippen LogP contribution in [0.25, 0.3) is 0 Å². The van der Waals surface area contributed by atoms with Gasteiger partial charge in [0, 0.05) is 31.7 Å². The highest BCUT2D eigenvalue weighted by atomic mass is 19.1. The van der Waals surface area contributed by atoms with Crippen LogP contribution in [0.15, 0.2) is 24.3 Å². The summed E-state index contributed by atoms with van der Waals surface area (Å²) >= 11 is 0. The zero-order chi connectivity index (χ0) is 19.4. The van der Waals surface area contributed by atoms with Crippen molar-refractivity contribution in [1.29, 1.82) is 0 Å². The Balaban J connectivity index is 1.61. The van der Waals surface area contributed by atoms with Gasteiger partial charge in [-0.25, -0.2) is 4.39 Å². The van der Waals surface area contributed by atoms with Crippen LogP contribution in [-0.2, 0) is 14.3 Å². The van der Waals surface area contributed by atoms with Crippen LogP contribution in [0.4, 0.5) is 4.39 Å². The largest absolute Gasteiger partial charge is 0.481 e. The zero-order valence-corrected chi connectivity index (χ0v) is 15.0. The van der Waals surface area contributed by atoms with E-state index < -0.39 is 17.9 Å². The molecule has 3 rings (SSSR count). The number of morpholine rings is 1. The van der Waals surface area contributed by atoms with Gasteiger partial charge in [-0.1, -0.05) is 0 Å². The maximum Gasteiger partial charge on any atom is 0.306 e. The normalized spacial score (nSPS) is 23.1. The first-order chi connectivity index (χ1) is 12.9. The summed E-state index contributed by atoms with van der Waals surface area (Å²) < 4.78 is 18.5. The number of nitrogens with zero attached hydrogens (tertiary/aromatic N) is 2. The Hall–Kier alpha value is -2.48. The lowest BCUT2D eigenvalue weighted by Gasteiger charge is -2.38. The molecule has 0 aromatic heterocycles. The fourth-order valence-corrected chi connectivity index (χ4v) is 3.63. The molecule has 2 aliphatic rings. The van der Waals surface area contributed by atoms with Gasteiger partial charge in [0.15, 0.2) is 0 Å². The highest BCUT2D eigenvalue weighted by Gasteiger charge is 2.34. The second-order valence-electron chi connectivity index (χ2n) is 6.97. The molecule has 2 saturated heterocycles. The van der Waals surface area contributed by atoms with Gasteiger partial charge in [0.2, 0.25) is 5.91 Å². The summed E-state index contributed by atoms with van der Waals surface area (Å²) in [6.45, 7) is 1.88. The highest BCUT2D eigenvalue weighted by molar-refractivity contribution is 5.94. The number of carbonyl (C=O) groups is 3. The Morgan fingerprint density at radius 1 is 1.11 bits per heavy atom. The number of amides is 2. The van der Waals surface area contributed by atoms with Gasteiger partial charge in [0.05, 0.1) is 25.0 Å². The highest BCUT2D eigenvalue weighted by Crippen LogP contribution is 2.22. The van der Waals surface area contributed by atoms with E-state index in [1.165, 1.54) is 24.3 Å². The third-order valence-corrected chi connectivity index (χ3v) is 5.00. The summed E-state index contributed by atoms with van der Waals surface area (Å²) in [6, 6.07) is 5.38. The van der Waals surface area contributed by atoms with E-state index in [-0.39, 0.29) is 30.7 Å². The Morgan fingerprint density at radius 2 is 1.85 bits per heavy atom. The van der Waals surface area contributed by atoms with Crippen molar-refractivity contribution >= 4 is 17.8 Å². The zero-order valence-electron chi connectivity index (χ0n) is 15.0. The molecule has 1 N–H and O–H groups in total. The molecule has 0 bridgehead atoms. The number of rotatable bonds is 4. The lowest BCUT2D eigenvalue weighted by Crippen LogP contribution is -2.51. The SMILES string of the molecule is O=C(O)CC1CN(C(=O)C2CCCN(C(=O)c3ccc(F)cc3)C2)CCO1. The van der Waals surface area contributed by atoms with E-state index in [9.17, 15) is 18.8 Å². The van der Waals surface area contributed by atoms with Crippen molar-refractivity contribution in [3.8, 4) is 0 Å². The van der Waals surface area contributed by atoms with Crippen molar-refractivity contribution in [1.82, 2.24) is 9.80 Å². The number of piperidine rings is 1. The molecule has 1 aromatic rings. The lowest BCUT2D eigenvalue weighted by molar-refractivity contribution is -0.150. The molecule has 7 nitrogen and oxygen atoms in total. The molecule has 0 aliphatic carbocycles. The number of carbonyl (C=O) groups excluding carboxylic acids is 2. The van der Waals surface area contributed by atoms with Crippen LogP contribution in [0.5, 0.6) is 0 Å². The smallest absolute Gasteiger partial charge is 0.306 e. The minimum atomic E-state index is -0.956. The van der Waals surface area contributed by atoms with E-state index in [1.54, 1.807) is 9.80 Å². The molecular formula is C19H23FN2O5. The number of hydrogen-bond acceptors (Lipinski definition) is 4. The van der Waals surface area contributed by atoms with Crippen LogP contribution in [0.3, 0.4) is 0 Å². The quantitative estimate of drug-likeness (QED) is 0.855. The van der Waals surface area contributed by atoms with Crippen LogP contribution in [0, 0.1) is 11.7 Å². The maximum atomic E-state index is 13.1. The summed E-state index contributed by atoms with van der Waals surface area (Å²) in [5, 5.41) is 8.91. The van der Waals surface area contributed by atoms with Gasteiger partial charge in [0.1, 0.15) is 5.82 Å². The van der Waals surface area contributed by atoms with Gasteiger partial charge < -0.3 is 19.6 Å². The molecule has 1 aromatic carbocycles. The molecule has 27 heavy (non-hydrogen) atoms. The predicted molar refractivity (Wildman–Crippen MR) is 93.6 cm³/mol. The van der Waals surface area contributed by atoms with Crippen molar-refractivity contribution < 1.29 is 28.6 Å². The Bertz CT molecular complexity index is 709. The molecular weight excluding hydrogens is 355 g/mol. The molecule has 2 fully saturated rings. The van der Waals surface area contributed by atoms with E-state index in [4.69, 9.17) is 9.84 Å². The molecule has 2 unspecified atom stereocenters. The van der Waals surface area contributed by atoms with Gasteiger partial charge in [-0.3, -0.25) is 14.4 Å². The molecule has 8 heteroatoms. The molecule has 2 aliphatic heterocycles. The topological polar surface area (TPSA) is 87.2 Å². The second kappa shape index (κ2) is 8.47. The number of aliphatic carboxylic acids is 1. The summed E-state index contributed by atoms with van der Waals surface area (Å²) in [5.74, 6) is -1.94. The number of halogens is 1. The van der Waals surface area contributed by atoms with Crippen LogP contribution in [-0.4, -0.2) is 71.6 Å². The Labute approximate surface area is 156 Å². The number of carboxylic acids is 1. The molecule has 146 valence electrons. The molecule has 2 atom stereocenters. The van der Waals surface area contributed by atoms with E-state index >= 15 is 0 Å². The van der Waals surface area contributed by atoms with Crippen LogP contribution in [0.2, 0.25) is 0 Å². The van der Waals surface area contributed by atoms with Gasteiger partial charge in [0.25, 0.3) is 5.91 Å². The Morgan fingerprint density at radius 3 is 2.56 bits per heavy atom. The molecule has 0 spiro atoms. The number of ether oxygens (including phenoxy) is 1. The van der Waals surface area contributed by atoms with Crippen molar-refractivity contribution in [2.45, 2.75) is 25.4 Å². The summed E-state index contributed by atoms with van der Waals surface area (Å²) in [4.78, 5) is 39.6. The molecule has 2 amide bonds. The van der Waals surface area contributed by atoms with Crippen molar-refractivity contribution in [2.24, 2.45) is 5.92 Å². The number of hydrogen-bond donors (Lipinski definition) is 1. The summed E-state index contributed by atoms with van der Waals surface area (Å²) in [5.41, 5.74) is 0.400. The van der Waals surface area contributed by atoms with Crippen LogP contribution < -0.4 is 0 Å². The summed E-state index contributed by atoms with van der Waals surface area (Å²) in [6.07, 6.45) is 0.767. The third kappa shape index (κ3) is 4.82. The number of carboxylic acid groups (broad SMARTS) is 1. The minimum absolute atomic E-state index is 0.0645. The van der Waals surface area contributed by atoms with E-state index in [2.05, 4.69) is 0 Å². The minimum Gasteiger partial charge on any atom is -0.481 e.